The standard InChI is InChI=1S/C23H17F3N8O3/c24-23(25,26)13-5-6-28-17(7-13)33-22(36)32-14-3-1-12(2-4-14)18-16(21-31-15(9-35)10-37-21)8-34-19(18)20(27)29-11-30-34/h1-8,10-11,35H,9H2,(H2,27,29,30)(H2,28,32,33,36). The summed E-state index contributed by atoms with van der Waals surface area (Å²) in [5.74, 6) is 0.192. The number of nitrogens with one attached hydrogen (secondary N) is 2. The molecule has 0 bridgehead atoms. The fraction of sp³-hybridized carbons (Fsp3) is 0.0870. The van der Waals surface area contributed by atoms with Crippen molar-refractivity contribution < 1.29 is 27.5 Å². The van der Waals surface area contributed by atoms with Crippen LogP contribution in [-0.4, -0.2) is 35.7 Å². The van der Waals surface area contributed by atoms with Crippen LogP contribution in [0.2, 0.25) is 0 Å². The molecule has 37 heavy (non-hydrogen) atoms. The van der Waals surface area contributed by atoms with Crippen molar-refractivity contribution in [1.29, 1.82) is 0 Å². The van der Waals surface area contributed by atoms with E-state index < -0.39 is 17.8 Å². The summed E-state index contributed by atoms with van der Waals surface area (Å²) in [7, 11) is 0. The number of halogens is 3. The summed E-state index contributed by atoms with van der Waals surface area (Å²) in [4.78, 5) is 24.4. The highest BCUT2D eigenvalue weighted by Gasteiger charge is 2.31. The Bertz CT molecular complexity index is 1600. The van der Waals surface area contributed by atoms with Gasteiger partial charge in [-0.25, -0.2) is 24.3 Å². The molecule has 0 saturated heterocycles. The number of pyridine rings is 1. The Morgan fingerprint density at radius 2 is 1.92 bits per heavy atom. The first-order chi connectivity index (χ1) is 17.7. The van der Waals surface area contributed by atoms with Gasteiger partial charge in [0.05, 0.1) is 17.7 Å². The maximum atomic E-state index is 12.9. The molecule has 4 aromatic heterocycles. The van der Waals surface area contributed by atoms with Crippen LogP contribution in [0.1, 0.15) is 11.3 Å². The molecule has 0 atom stereocenters. The molecule has 2 amide bonds. The number of nitrogen functional groups attached to an aromatic ring is 1. The zero-order chi connectivity index (χ0) is 26.2. The lowest BCUT2D eigenvalue weighted by Crippen LogP contribution is -2.20. The van der Waals surface area contributed by atoms with Crippen LogP contribution in [0, 0.1) is 0 Å². The lowest BCUT2D eigenvalue weighted by Gasteiger charge is -2.10. The molecule has 0 spiro atoms. The van der Waals surface area contributed by atoms with E-state index in [1.54, 1.807) is 30.5 Å². The van der Waals surface area contributed by atoms with E-state index in [1.165, 1.54) is 17.1 Å². The van der Waals surface area contributed by atoms with Crippen LogP contribution in [0.3, 0.4) is 0 Å². The number of aromatic nitrogens is 5. The van der Waals surface area contributed by atoms with E-state index >= 15 is 0 Å². The number of oxazole rings is 1. The fourth-order valence-corrected chi connectivity index (χ4v) is 3.67. The maximum absolute atomic E-state index is 12.9. The number of rotatable bonds is 5. The third-order valence-electron chi connectivity index (χ3n) is 5.31. The number of amides is 2. The number of aliphatic hydroxyl groups is 1. The van der Waals surface area contributed by atoms with Crippen molar-refractivity contribution in [2.45, 2.75) is 12.8 Å². The summed E-state index contributed by atoms with van der Waals surface area (Å²) in [6.07, 6.45) is 0.696. The van der Waals surface area contributed by atoms with E-state index in [0.29, 0.717) is 33.6 Å². The minimum absolute atomic E-state index is 0.209. The quantitative estimate of drug-likeness (QED) is 0.274. The minimum Gasteiger partial charge on any atom is -0.444 e. The SMILES string of the molecule is Nc1ncnn2cc(-c3nc(CO)co3)c(-c3ccc(NC(=O)Nc4cc(C(F)(F)F)ccn4)cc3)c12. The van der Waals surface area contributed by atoms with Gasteiger partial charge in [-0.1, -0.05) is 12.1 Å². The normalized spacial score (nSPS) is 11.6. The lowest BCUT2D eigenvalue weighted by molar-refractivity contribution is -0.137. The van der Waals surface area contributed by atoms with E-state index in [1.807, 2.05) is 0 Å². The summed E-state index contributed by atoms with van der Waals surface area (Å²) in [5, 5.41) is 18.4. The van der Waals surface area contributed by atoms with Crippen LogP contribution in [0.15, 0.2) is 65.8 Å². The first kappa shape index (κ1) is 23.7. The van der Waals surface area contributed by atoms with Crippen LogP contribution in [0.5, 0.6) is 0 Å². The van der Waals surface area contributed by atoms with Crippen LogP contribution in [0.4, 0.5) is 35.3 Å². The number of urea groups is 1. The number of alkyl halides is 3. The maximum Gasteiger partial charge on any atom is 0.416 e. The Balaban J connectivity index is 1.42. The molecule has 4 heterocycles. The monoisotopic (exact) mass is 510 g/mol. The molecule has 0 aliphatic carbocycles. The second-order valence-electron chi connectivity index (χ2n) is 7.74. The summed E-state index contributed by atoms with van der Waals surface area (Å²) in [6, 6.07) is 7.34. The molecule has 1 aromatic carbocycles. The highest BCUT2D eigenvalue weighted by atomic mass is 19.4. The number of nitrogens with zero attached hydrogens (tertiary/aromatic N) is 5. The van der Waals surface area contributed by atoms with Crippen LogP contribution >= 0.6 is 0 Å². The van der Waals surface area contributed by atoms with Crippen molar-refractivity contribution in [1.82, 2.24) is 24.6 Å². The average molecular weight is 510 g/mol. The van der Waals surface area contributed by atoms with E-state index in [9.17, 15) is 23.1 Å². The van der Waals surface area contributed by atoms with Crippen molar-refractivity contribution in [3.05, 3.63) is 72.6 Å². The van der Waals surface area contributed by atoms with Crippen LogP contribution < -0.4 is 16.4 Å². The molecule has 5 aromatic rings. The molecule has 0 fully saturated rings. The molecule has 0 unspecified atom stereocenters. The van der Waals surface area contributed by atoms with Gasteiger partial charge in [0.1, 0.15) is 29.6 Å². The van der Waals surface area contributed by atoms with Crippen LogP contribution in [0.25, 0.3) is 28.1 Å². The first-order valence-corrected chi connectivity index (χ1v) is 10.6. The average Bonchev–Trinajstić information content (AvgIpc) is 3.49. The minimum atomic E-state index is -4.56. The smallest absolute Gasteiger partial charge is 0.416 e. The molecular formula is C23H17F3N8O3. The molecular weight excluding hydrogens is 493 g/mol. The summed E-state index contributed by atoms with van der Waals surface area (Å²) >= 11 is 0. The Labute approximate surface area is 205 Å². The number of hydrogen-bond acceptors (Lipinski definition) is 8. The Kier molecular flexibility index (Phi) is 5.93. The van der Waals surface area contributed by atoms with E-state index in [4.69, 9.17) is 10.2 Å². The zero-order valence-electron chi connectivity index (χ0n) is 18.7. The van der Waals surface area contributed by atoms with Gasteiger partial charge in [0, 0.05) is 23.6 Å². The van der Waals surface area contributed by atoms with E-state index in [2.05, 4.69) is 30.7 Å². The van der Waals surface area contributed by atoms with Crippen molar-refractivity contribution in [2.24, 2.45) is 0 Å². The van der Waals surface area contributed by atoms with Crippen molar-refractivity contribution in [3.8, 4) is 22.6 Å². The van der Waals surface area contributed by atoms with Crippen molar-refractivity contribution in [3.63, 3.8) is 0 Å². The second kappa shape index (κ2) is 9.23. The van der Waals surface area contributed by atoms with Gasteiger partial charge in [-0.05, 0) is 29.8 Å². The molecule has 11 nitrogen and oxygen atoms in total. The number of carbonyl (C=O) groups excluding carboxylic acids is 1. The Hall–Kier alpha value is -4.98. The molecule has 5 N–H and O–H groups in total. The topological polar surface area (TPSA) is 156 Å². The summed E-state index contributed by atoms with van der Waals surface area (Å²) in [6.45, 7) is -0.299. The molecule has 0 aliphatic heterocycles. The number of nitrogens with two attached hydrogens (primary N) is 1. The van der Waals surface area contributed by atoms with Gasteiger partial charge in [0.25, 0.3) is 0 Å². The third-order valence-corrected chi connectivity index (χ3v) is 5.31. The van der Waals surface area contributed by atoms with Gasteiger partial charge in [-0.15, -0.1) is 0 Å². The predicted octanol–water partition coefficient (Wildman–Crippen LogP) is 4.18. The number of carbonyl (C=O) groups is 1. The van der Waals surface area contributed by atoms with E-state index in [-0.39, 0.29) is 24.1 Å². The summed E-state index contributed by atoms with van der Waals surface area (Å²) in [5.41, 5.74) is 8.20. The van der Waals surface area contributed by atoms with Gasteiger partial charge >= 0.3 is 12.2 Å². The summed E-state index contributed by atoms with van der Waals surface area (Å²) < 4.78 is 45.7. The first-order valence-electron chi connectivity index (χ1n) is 10.6. The fourth-order valence-electron chi connectivity index (χ4n) is 3.67. The molecule has 0 radical (unpaired) electrons. The highest BCUT2D eigenvalue weighted by molar-refractivity contribution is 6.00. The van der Waals surface area contributed by atoms with Crippen LogP contribution in [-0.2, 0) is 12.8 Å². The third kappa shape index (κ3) is 4.77. The number of benzene rings is 1. The second-order valence-corrected chi connectivity index (χ2v) is 7.74. The van der Waals surface area contributed by atoms with Gasteiger partial charge in [0.2, 0.25) is 5.89 Å². The highest BCUT2D eigenvalue weighted by Crippen LogP contribution is 2.38. The van der Waals surface area contributed by atoms with Gasteiger partial charge in [-0.3, -0.25) is 5.32 Å². The van der Waals surface area contributed by atoms with E-state index in [0.717, 1.165) is 18.3 Å². The number of aliphatic hydroxyl groups excluding tert-OH is 1. The van der Waals surface area contributed by atoms with Gasteiger partial charge < -0.3 is 20.6 Å². The molecule has 0 saturated carbocycles. The largest absolute Gasteiger partial charge is 0.444 e. The lowest BCUT2D eigenvalue weighted by atomic mass is 10.0. The molecule has 188 valence electrons. The van der Waals surface area contributed by atoms with Gasteiger partial charge in [0.15, 0.2) is 5.82 Å². The van der Waals surface area contributed by atoms with Crippen molar-refractivity contribution in [2.75, 3.05) is 16.4 Å². The predicted molar refractivity (Wildman–Crippen MR) is 126 cm³/mol. The molecule has 5 rings (SSSR count). The number of fused-ring (bicyclic) bond motifs is 1. The molecule has 0 aliphatic rings. The van der Waals surface area contributed by atoms with Gasteiger partial charge in [-0.2, -0.15) is 18.3 Å². The molecule has 14 heteroatoms. The Morgan fingerprint density at radius 3 is 2.62 bits per heavy atom. The number of hydrogen-bond donors (Lipinski definition) is 4. The Morgan fingerprint density at radius 1 is 1.14 bits per heavy atom. The number of anilines is 3. The van der Waals surface area contributed by atoms with Crippen molar-refractivity contribution >= 4 is 28.9 Å². The zero-order valence-corrected chi connectivity index (χ0v) is 18.7.